The van der Waals surface area contributed by atoms with Gasteiger partial charge < -0.3 is 0 Å². The number of nitro groups is 1. The summed E-state index contributed by atoms with van der Waals surface area (Å²) in [7, 11) is 0. The molecule has 1 saturated carbocycles. The van der Waals surface area contributed by atoms with Gasteiger partial charge in [0.25, 0.3) is 0 Å². The van der Waals surface area contributed by atoms with Crippen molar-refractivity contribution in [1.82, 2.24) is 16.0 Å². The number of carbonyl (C=O) groups is 3. The van der Waals surface area contributed by atoms with Crippen molar-refractivity contribution < 1.29 is 24.0 Å². The van der Waals surface area contributed by atoms with E-state index in [0.29, 0.717) is 16.2 Å². The maximum atomic E-state index is 13.6. The van der Waals surface area contributed by atoms with E-state index in [0.717, 1.165) is 37.7 Å². The van der Waals surface area contributed by atoms with Gasteiger partial charge in [0, 0.05) is 0 Å². The molecule has 3 rings (SSSR count). The zero-order chi connectivity index (χ0) is 29.8. The van der Waals surface area contributed by atoms with Crippen molar-refractivity contribution in [2.45, 2.75) is 93.7 Å². The third kappa shape index (κ3) is 11.2. The van der Waals surface area contributed by atoms with Crippen LogP contribution in [0.15, 0.2) is 54.6 Å². The van der Waals surface area contributed by atoms with Crippen molar-refractivity contribution in [3.63, 3.8) is 0 Å². The Kier molecular flexibility index (Phi) is 12.2. The SMILES string of the molecule is CC(C)(C)OC(=O)N[C@H](Cc1ccccc1)C(=O)NC(C[Se]Cc1ccccc1[N+](=O)[O-])C(=O)NC1CCCCC1. The van der Waals surface area contributed by atoms with E-state index >= 15 is 0 Å². The topological polar surface area (TPSA) is 140 Å². The molecule has 3 amide bonds. The molecular formula is C30H40N4O6Se. The molecule has 41 heavy (non-hydrogen) atoms. The van der Waals surface area contributed by atoms with Gasteiger partial charge in [-0.05, 0) is 0 Å². The van der Waals surface area contributed by atoms with Gasteiger partial charge in [-0.1, -0.05) is 0 Å². The summed E-state index contributed by atoms with van der Waals surface area (Å²) in [6, 6.07) is 14.1. The van der Waals surface area contributed by atoms with Gasteiger partial charge in [0.1, 0.15) is 0 Å². The molecule has 10 nitrogen and oxygen atoms in total. The van der Waals surface area contributed by atoms with Crippen LogP contribution in [0.4, 0.5) is 10.5 Å². The van der Waals surface area contributed by atoms with E-state index in [1.165, 1.54) is 6.07 Å². The number of ether oxygens (including phenoxy) is 1. The molecular weight excluding hydrogens is 591 g/mol. The van der Waals surface area contributed by atoms with E-state index in [1.807, 2.05) is 30.3 Å². The summed E-state index contributed by atoms with van der Waals surface area (Å²) in [6.45, 7) is 5.22. The van der Waals surface area contributed by atoms with Gasteiger partial charge in [0.15, 0.2) is 0 Å². The Morgan fingerprint density at radius 1 is 0.951 bits per heavy atom. The van der Waals surface area contributed by atoms with Crippen LogP contribution in [0, 0.1) is 10.1 Å². The molecule has 0 saturated heterocycles. The predicted octanol–water partition coefficient (Wildman–Crippen LogP) is 4.29. The first-order valence-corrected chi connectivity index (χ1v) is 16.4. The Hall–Kier alpha value is -3.43. The summed E-state index contributed by atoms with van der Waals surface area (Å²) in [4.78, 5) is 50.7. The summed E-state index contributed by atoms with van der Waals surface area (Å²) in [5.41, 5.74) is 0.741. The Morgan fingerprint density at radius 3 is 2.27 bits per heavy atom. The molecule has 0 aromatic heterocycles. The monoisotopic (exact) mass is 632 g/mol. The van der Waals surface area contributed by atoms with Crippen LogP contribution in [0.1, 0.15) is 64.0 Å². The fourth-order valence-corrected chi connectivity index (χ4v) is 6.82. The minimum absolute atomic E-state index is 0.0473. The van der Waals surface area contributed by atoms with E-state index < -0.39 is 34.6 Å². The number of alkyl carbamates (subject to hydrolysis) is 1. The number of nitrogens with one attached hydrogen (secondary N) is 3. The van der Waals surface area contributed by atoms with Gasteiger partial charge in [-0.15, -0.1) is 0 Å². The third-order valence-electron chi connectivity index (χ3n) is 6.61. The Bertz CT molecular complexity index is 1180. The van der Waals surface area contributed by atoms with Gasteiger partial charge in [-0.3, -0.25) is 0 Å². The van der Waals surface area contributed by atoms with E-state index in [4.69, 9.17) is 4.74 Å². The fourth-order valence-electron chi connectivity index (χ4n) is 4.61. The number of rotatable bonds is 12. The first-order chi connectivity index (χ1) is 19.5. The van der Waals surface area contributed by atoms with Gasteiger partial charge >= 0.3 is 248 Å². The van der Waals surface area contributed by atoms with E-state index in [-0.39, 0.29) is 39.0 Å². The van der Waals surface area contributed by atoms with Crippen molar-refractivity contribution in [1.29, 1.82) is 0 Å². The number of hydrogen-bond acceptors (Lipinski definition) is 6. The van der Waals surface area contributed by atoms with Crippen molar-refractivity contribution in [3.05, 3.63) is 75.8 Å². The molecule has 1 aliphatic rings. The van der Waals surface area contributed by atoms with Crippen molar-refractivity contribution in [2.75, 3.05) is 0 Å². The van der Waals surface area contributed by atoms with Crippen LogP contribution < -0.4 is 16.0 Å². The van der Waals surface area contributed by atoms with Crippen LogP contribution >= 0.6 is 0 Å². The second-order valence-corrected chi connectivity index (χ2v) is 13.4. The van der Waals surface area contributed by atoms with Gasteiger partial charge in [-0.2, -0.15) is 0 Å². The average Bonchev–Trinajstić information content (AvgIpc) is 2.92. The Balaban J connectivity index is 1.75. The fraction of sp³-hybridized carbons (Fsp3) is 0.500. The molecule has 2 aromatic rings. The summed E-state index contributed by atoms with van der Waals surface area (Å²) in [5, 5.41) is 20.9. The molecule has 2 aromatic carbocycles. The zero-order valence-corrected chi connectivity index (χ0v) is 25.6. The summed E-state index contributed by atoms with van der Waals surface area (Å²) < 4.78 is 5.39. The zero-order valence-electron chi connectivity index (χ0n) is 23.9. The van der Waals surface area contributed by atoms with E-state index in [9.17, 15) is 24.5 Å². The first-order valence-electron chi connectivity index (χ1n) is 14.0. The predicted molar refractivity (Wildman–Crippen MR) is 158 cm³/mol. The summed E-state index contributed by atoms with van der Waals surface area (Å²) >= 11 is -0.221. The van der Waals surface area contributed by atoms with Crippen LogP contribution in [0.5, 0.6) is 0 Å². The third-order valence-corrected chi connectivity index (χ3v) is 8.88. The molecule has 0 bridgehead atoms. The second-order valence-electron chi connectivity index (χ2n) is 11.2. The number of amides is 3. The van der Waals surface area contributed by atoms with E-state index in [2.05, 4.69) is 16.0 Å². The molecule has 1 fully saturated rings. The maximum absolute atomic E-state index is 13.6. The van der Waals surface area contributed by atoms with Gasteiger partial charge in [-0.25, -0.2) is 0 Å². The van der Waals surface area contributed by atoms with Gasteiger partial charge in [0.05, 0.1) is 0 Å². The number of para-hydroxylation sites is 1. The molecule has 1 aliphatic carbocycles. The van der Waals surface area contributed by atoms with Crippen molar-refractivity contribution in [2.24, 2.45) is 0 Å². The standard InChI is InChI=1S/C30H40N4O6Se/c1-30(2,3)40-29(37)33-24(18-21-12-6-4-7-13-21)27(35)32-25(28(36)31-23-15-8-5-9-16-23)20-41-19-22-14-10-11-17-26(22)34(38)39/h4,6-7,10-14,17,23-25H,5,8-9,15-16,18-20H2,1-3H3,(H,31,36)(H,32,35)(H,33,37)/t24-,25?/m1/s1. The molecule has 0 heterocycles. The van der Waals surface area contributed by atoms with Crippen LogP contribution in [-0.2, 0) is 26.1 Å². The number of nitro benzene ring substituents is 1. The van der Waals surface area contributed by atoms with Gasteiger partial charge in [0.2, 0.25) is 0 Å². The summed E-state index contributed by atoms with van der Waals surface area (Å²) in [6.07, 6.45) is 4.51. The molecule has 11 heteroatoms. The molecule has 2 atom stereocenters. The van der Waals surface area contributed by atoms with Crippen molar-refractivity contribution in [3.8, 4) is 0 Å². The average molecular weight is 632 g/mol. The molecule has 3 N–H and O–H groups in total. The van der Waals surface area contributed by atoms with Crippen LogP contribution in [0.2, 0.25) is 5.32 Å². The van der Waals surface area contributed by atoms with E-state index in [1.54, 1.807) is 39.0 Å². The normalized spacial score (nSPS) is 15.3. The molecule has 0 spiro atoms. The summed E-state index contributed by atoms with van der Waals surface area (Å²) in [5.74, 6) is -0.768. The van der Waals surface area contributed by atoms with Crippen LogP contribution in [0.25, 0.3) is 0 Å². The molecule has 222 valence electrons. The van der Waals surface area contributed by atoms with Crippen molar-refractivity contribution >= 4 is 38.6 Å². The molecule has 0 radical (unpaired) electrons. The van der Waals surface area contributed by atoms with Crippen LogP contribution in [0.3, 0.4) is 0 Å². The number of carbonyl (C=O) groups excluding carboxylic acids is 3. The molecule has 1 unspecified atom stereocenters. The number of hydrogen-bond donors (Lipinski definition) is 3. The number of benzene rings is 2. The second kappa shape index (κ2) is 15.5. The Morgan fingerprint density at radius 2 is 1.61 bits per heavy atom. The minimum atomic E-state index is -0.972. The Labute approximate surface area is 247 Å². The first kappa shape index (κ1) is 32.1. The van der Waals surface area contributed by atoms with Crippen LogP contribution in [-0.4, -0.2) is 61.5 Å². The molecule has 0 aliphatic heterocycles. The number of nitrogens with zero attached hydrogens (tertiary/aromatic N) is 1. The quantitative estimate of drug-likeness (QED) is 0.182.